The first kappa shape index (κ1) is 11.0. The highest BCUT2D eigenvalue weighted by Gasteiger charge is 2.09. The van der Waals surface area contributed by atoms with E-state index in [2.05, 4.69) is 4.98 Å². The number of carboxylic acids is 1. The highest BCUT2D eigenvalue weighted by atomic mass is 35.5. The van der Waals surface area contributed by atoms with Crippen LogP contribution < -0.4 is 0 Å². The van der Waals surface area contributed by atoms with Crippen LogP contribution >= 0.6 is 11.6 Å². The van der Waals surface area contributed by atoms with E-state index in [4.69, 9.17) is 16.7 Å². The predicted molar refractivity (Wildman–Crippen MR) is 60.9 cm³/mol. The number of pyridine rings is 1. The second kappa shape index (κ2) is 4.14. The quantitative estimate of drug-likeness (QED) is 0.893. The molecule has 0 bridgehead atoms. The van der Waals surface area contributed by atoms with Crippen molar-refractivity contribution in [2.45, 2.75) is 19.8 Å². The predicted octanol–water partition coefficient (Wildman–Crippen LogP) is 2.31. The highest BCUT2D eigenvalue weighted by molar-refractivity contribution is 6.30. The lowest BCUT2D eigenvalue weighted by atomic mass is 10.2. The Hall–Kier alpha value is -1.55. The normalized spacial score (nSPS) is 10.9. The number of fused-ring (bicyclic) bond motifs is 1. The van der Waals surface area contributed by atoms with E-state index in [9.17, 15) is 4.79 Å². The minimum absolute atomic E-state index is 0.0957. The summed E-state index contributed by atoms with van der Waals surface area (Å²) in [5.74, 6) is -0.811. The number of nitrogens with zero attached hydrogens (tertiary/aromatic N) is 2. The van der Waals surface area contributed by atoms with Gasteiger partial charge in [-0.2, -0.15) is 0 Å². The van der Waals surface area contributed by atoms with E-state index in [-0.39, 0.29) is 6.42 Å². The third-order valence-electron chi connectivity index (χ3n) is 2.50. The fraction of sp³-hybridized carbons (Fsp3) is 0.273. The number of hydrogen-bond donors (Lipinski definition) is 1. The van der Waals surface area contributed by atoms with Gasteiger partial charge in [-0.25, -0.2) is 4.98 Å². The number of rotatable bonds is 3. The third kappa shape index (κ3) is 2.02. The number of aliphatic carboxylic acids is 1. The van der Waals surface area contributed by atoms with Crippen LogP contribution in [0.15, 0.2) is 18.3 Å². The van der Waals surface area contributed by atoms with Crippen molar-refractivity contribution >= 4 is 23.2 Å². The van der Waals surface area contributed by atoms with Crippen LogP contribution in [0.4, 0.5) is 0 Å². The standard InChI is InChI=1S/C11H11ClN2O2/c1-7-9(3-5-11(15)16)13-10-4-2-8(12)6-14(7)10/h2,4,6H,3,5H2,1H3,(H,15,16). The van der Waals surface area contributed by atoms with Crippen molar-refractivity contribution in [2.75, 3.05) is 0 Å². The lowest BCUT2D eigenvalue weighted by molar-refractivity contribution is -0.136. The number of carboxylic acid groups (broad SMARTS) is 1. The molecule has 84 valence electrons. The van der Waals surface area contributed by atoms with Crippen molar-refractivity contribution in [1.82, 2.24) is 9.38 Å². The Morgan fingerprint density at radius 3 is 3.00 bits per heavy atom. The maximum Gasteiger partial charge on any atom is 0.303 e. The van der Waals surface area contributed by atoms with E-state index in [0.29, 0.717) is 11.4 Å². The van der Waals surface area contributed by atoms with E-state index in [0.717, 1.165) is 17.0 Å². The Bertz CT molecular complexity index is 548. The Morgan fingerprint density at radius 1 is 1.56 bits per heavy atom. The molecule has 0 saturated heterocycles. The van der Waals surface area contributed by atoms with E-state index >= 15 is 0 Å². The third-order valence-corrected chi connectivity index (χ3v) is 2.72. The molecule has 4 nitrogen and oxygen atoms in total. The van der Waals surface area contributed by atoms with Crippen LogP contribution in [0.2, 0.25) is 5.02 Å². The van der Waals surface area contributed by atoms with Crippen LogP contribution in [0.3, 0.4) is 0 Å². The molecule has 0 aliphatic carbocycles. The maximum atomic E-state index is 10.5. The summed E-state index contributed by atoms with van der Waals surface area (Å²) in [7, 11) is 0. The van der Waals surface area contributed by atoms with Crippen LogP contribution in [0, 0.1) is 6.92 Å². The summed E-state index contributed by atoms with van der Waals surface area (Å²) in [5.41, 5.74) is 2.55. The van der Waals surface area contributed by atoms with Crippen molar-refractivity contribution in [2.24, 2.45) is 0 Å². The van der Waals surface area contributed by atoms with Crippen molar-refractivity contribution in [3.63, 3.8) is 0 Å². The largest absolute Gasteiger partial charge is 0.481 e. The van der Waals surface area contributed by atoms with E-state index in [1.165, 1.54) is 0 Å². The molecule has 0 aliphatic heterocycles. The van der Waals surface area contributed by atoms with Crippen LogP contribution in [0.25, 0.3) is 5.65 Å². The number of carbonyl (C=O) groups is 1. The van der Waals surface area contributed by atoms with Crippen molar-refractivity contribution in [3.05, 3.63) is 34.7 Å². The summed E-state index contributed by atoms with van der Waals surface area (Å²) >= 11 is 5.88. The molecule has 0 atom stereocenters. The number of imidazole rings is 1. The van der Waals surface area contributed by atoms with Crippen molar-refractivity contribution in [1.29, 1.82) is 0 Å². The zero-order valence-corrected chi connectivity index (χ0v) is 9.53. The first-order valence-electron chi connectivity index (χ1n) is 4.93. The summed E-state index contributed by atoms with van der Waals surface area (Å²) in [6.07, 6.45) is 2.32. The molecule has 0 spiro atoms. The minimum Gasteiger partial charge on any atom is -0.481 e. The molecule has 2 aromatic heterocycles. The van der Waals surface area contributed by atoms with Crippen LogP contribution in [0.1, 0.15) is 17.8 Å². The fourth-order valence-corrected chi connectivity index (χ4v) is 1.81. The van der Waals surface area contributed by atoms with Gasteiger partial charge in [-0.15, -0.1) is 0 Å². The second-order valence-corrected chi connectivity index (χ2v) is 4.05. The summed E-state index contributed by atoms with van der Waals surface area (Å²) in [6.45, 7) is 1.91. The fourth-order valence-electron chi connectivity index (χ4n) is 1.65. The number of aryl methyl sites for hydroxylation is 2. The van der Waals surface area contributed by atoms with Crippen LogP contribution in [-0.4, -0.2) is 20.5 Å². The summed E-state index contributed by atoms with van der Waals surface area (Å²) in [4.78, 5) is 14.9. The lowest BCUT2D eigenvalue weighted by Crippen LogP contribution is -1.99. The Labute approximate surface area is 97.5 Å². The van der Waals surface area contributed by atoms with Gasteiger partial charge in [-0.1, -0.05) is 11.6 Å². The zero-order valence-electron chi connectivity index (χ0n) is 8.77. The molecule has 0 saturated carbocycles. The Balaban J connectivity index is 2.40. The SMILES string of the molecule is Cc1c(CCC(=O)O)nc2ccc(Cl)cn12. The number of hydrogen-bond acceptors (Lipinski definition) is 2. The van der Waals surface area contributed by atoms with Gasteiger partial charge in [0.15, 0.2) is 0 Å². The molecule has 1 N–H and O–H groups in total. The van der Waals surface area contributed by atoms with Crippen LogP contribution in [0.5, 0.6) is 0 Å². The van der Waals surface area contributed by atoms with Gasteiger partial charge in [0.05, 0.1) is 17.1 Å². The minimum atomic E-state index is -0.811. The molecular formula is C11H11ClN2O2. The molecule has 2 heterocycles. The van der Waals surface area contributed by atoms with Gasteiger partial charge in [0.25, 0.3) is 0 Å². The first-order valence-corrected chi connectivity index (χ1v) is 5.30. The zero-order chi connectivity index (χ0) is 11.7. The monoisotopic (exact) mass is 238 g/mol. The summed E-state index contributed by atoms with van der Waals surface area (Å²) in [5, 5.41) is 9.27. The average Bonchev–Trinajstić information content (AvgIpc) is 2.53. The molecule has 2 rings (SSSR count). The molecule has 0 unspecified atom stereocenters. The highest BCUT2D eigenvalue weighted by Crippen LogP contribution is 2.16. The van der Waals surface area contributed by atoms with Gasteiger partial charge < -0.3 is 9.51 Å². The van der Waals surface area contributed by atoms with Gasteiger partial charge in [0, 0.05) is 18.3 Å². The van der Waals surface area contributed by atoms with Gasteiger partial charge in [0.2, 0.25) is 0 Å². The smallest absolute Gasteiger partial charge is 0.303 e. The van der Waals surface area contributed by atoms with Crippen molar-refractivity contribution < 1.29 is 9.90 Å². The van der Waals surface area contributed by atoms with E-state index in [1.54, 1.807) is 12.3 Å². The molecule has 0 amide bonds. The van der Waals surface area contributed by atoms with Gasteiger partial charge >= 0.3 is 5.97 Å². The lowest BCUT2D eigenvalue weighted by Gasteiger charge is -1.97. The summed E-state index contributed by atoms with van der Waals surface area (Å²) in [6, 6.07) is 3.59. The molecule has 5 heteroatoms. The number of aromatic nitrogens is 2. The van der Waals surface area contributed by atoms with Gasteiger partial charge in [-0.05, 0) is 19.1 Å². The number of halogens is 1. The topological polar surface area (TPSA) is 54.6 Å². The average molecular weight is 239 g/mol. The second-order valence-electron chi connectivity index (χ2n) is 3.61. The van der Waals surface area contributed by atoms with E-state index < -0.39 is 5.97 Å². The van der Waals surface area contributed by atoms with E-state index in [1.807, 2.05) is 17.4 Å². The summed E-state index contributed by atoms with van der Waals surface area (Å²) < 4.78 is 1.87. The Morgan fingerprint density at radius 2 is 2.31 bits per heavy atom. The molecule has 16 heavy (non-hydrogen) atoms. The van der Waals surface area contributed by atoms with Crippen molar-refractivity contribution in [3.8, 4) is 0 Å². The molecule has 0 aliphatic rings. The van der Waals surface area contributed by atoms with Gasteiger partial charge in [-0.3, -0.25) is 4.79 Å². The maximum absolute atomic E-state index is 10.5. The molecule has 0 fully saturated rings. The molecule has 2 aromatic rings. The van der Waals surface area contributed by atoms with Crippen LogP contribution in [-0.2, 0) is 11.2 Å². The Kier molecular flexibility index (Phi) is 2.83. The molecular weight excluding hydrogens is 228 g/mol. The van der Waals surface area contributed by atoms with Gasteiger partial charge in [0.1, 0.15) is 5.65 Å². The molecule has 0 radical (unpaired) electrons. The first-order chi connectivity index (χ1) is 7.58. The molecule has 0 aromatic carbocycles.